The lowest BCUT2D eigenvalue weighted by Gasteiger charge is -2.11. The number of nitrogens with one attached hydrogen (secondary N) is 2. The Morgan fingerprint density at radius 2 is 1.19 bits per heavy atom. The second-order valence-corrected chi connectivity index (χ2v) is 12.5. The summed E-state index contributed by atoms with van der Waals surface area (Å²) in [6.45, 7) is 3.24. The fourth-order valence-electron chi connectivity index (χ4n) is 4.41. The van der Waals surface area contributed by atoms with Gasteiger partial charge in [-0.15, -0.1) is 0 Å². The van der Waals surface area contributed by atoms with Crippen LogP contribution in [0.3, 0.4) is 0 Å². The Hall–Kier alpha value is -4.50. The van der Waals surface area contributed by atoms with Gasteiger partial charge in [-0.3, -0.25) is 18.4 Å². The molecule has 2 atom stereocenters. The first-order valence-corrected chi connectivity index (χ1v) is 17.0. The molecule has 0 saturated carbocycles. The standard InChI is InChI=1S/2C17H19N3O3S/c2*1-12-15(18-8-7-16(12)23-10-9-22-2)11-24(21)17-19-13-5-3-4-6-14(13)20-17/h2*3-8H,9-11H2,1-2H3,(H,19,20)/i2D3,11D2;2D3. The van der Waals surface area contributed by atoms with Crippen LogP contribution in [-0.4, -0.2) is 78.8 Å². The van der Waals surface area contributed by atoms with Crippen molar-refractivity contribution in [3.63, 3.8) is 0 Å². The van der Waals surface area contributed by atoms with E-state index in [2.05, 4.69) is 39.4 Å². The molecule has 14 heteroatoms. The number of ether oxygens (including phenoxy) is 4. The van der Waals surface area contributed by atoms with Gasteiger partial charge in [0.2, 0.25) is 0 Å². The van der Waals surface area contributed by atoms with Gasteiger partial charge < -0.3 is 28.9 Å². The molecule has 0 aliphatic heterocycles. The Morgan fingerprint density at radius 3 is 1.73 bits per heavy atom. The van der Waals surface area contributed by atoms with Crippen molar-refractivity contribution in [2.45, 2.75) is 35.6 Å². The monoisotopic (exact) mass is 698 g/mol. The van der Waals surface area contributed by atoms with E-state index in [0.717, 1.165) is 16.6 Å². The van der Waals surface area contributed by atoms with Crippen molar-refractivity contribution < 1.29 is 38.3 Å². The number of nitrogens with zero attached hydrogens (tertiary/aromatic N) is 4. The number of rotatable bonds is 14. The lowest BCUT2D eigenvalue weighted by molar-refractivity contribution is 0.146. The van der Waals surface area contributed by atoms with E-state index in [1.54, 1.807) is 43.5 Å². The number of H-pyrrole nitrogens is 2. The summed E-state index contributed by atoms with van der Waals surface area (Å²) in [7, 11) is -8.50. The van der Waals surface area contributed by atoms with Crippen LogP contribution in [0.2, 0.25) is 0 Å². The van der Waals surface area contributed by atoms with Crippen LogP contribution in [0.15, 0.2) is 83.4 Å². The number of hydrogen-bond donors (Lipinski definition) is 2. The molecule has 4 heterocycles. The SMILES string of the molecule is [2H]C([2H])([2H])OCCOc1ccnc(C([2H])([2H])S(=O)c2nc3ccccc3[nH]2)c1C.[2H]C([2H])([2H])OCCOc1ccnc(CS(=O)c2nc3ccccc3[nH]2)c1C. The van der Waals surface area contributed by atoms with Crippen molar-refractivity contribution in [2.75, 3.05) is 40.5 Å². The summed E-state index contributed by atoms with van der Waals surface area (Å²) in [6.07, 6.45) is 2.91. The predicted octanol–water partition coefficient (Wildman–Crippen LogP) is 5.20. The molecule has 0 aliphatic rings. The van der Waals surface area contributed by atoms with Gasteiger partial charge in [0.1, 0.15) is 24.7 Å². The van der Waals surface area contributed by atoms with Crippen LogP contribution in [0.5, 0.6) is 11.5 Å². The predicted molar refractivity (Wildman–Crippen MR) is 185 cm³/mol. The molecule has 0 saturated heterocycles. The Kier molecular flexibility index (Phi) is 9.07. The molecule has 4 aromatic heterocycles. The molecular formula is C34H38N6O6S2. The summed E-state index contributed by atoms with van der Waals surface area (Å²) in [6, 6.07) is 17.8. The van der Waals surface area contributed by atoms with Gasteiger partial charge in [-0.05, 0) is 50.2 Å². The first kappa shape index (κ1) is 25.5. The molecule has 2 N–H and O–H groups in total. The highest BCUT2D eigenvalue weighted by Gasteiger charge is 2.16. The van der Waals surface area contributed by atoms with E-state index in [1.807, 2.05) is 31.2 Å². The van der Waals surface area contributed by atoms with Crippen molar-refractivity contribution in [1.29, 1.82) is 0 Å². The molecule has 0 radical (unpaired) electrons. The molecule has 0 spiro atoms. The van der Waals surface area contributed by atoms with E-state index in [0.29, 0.717) is 38.9 Å². The normalized spacial score (nSPS) is 15.7. The van der Waals surface area contributed by atoms with Crippen molar-refractivity contribution >= 4 is 43.7 Å². The van der Waals surface area contributed by atoms with Crippen molar-refractivity contribution in [3.05, 3.63) is 95.6 Å². The molecule has 0 fully saturated rings. The second-order valence-electron chi connectivity index (χ2n) is 10.0. The molecule has 12 nitrogen and oxygen atoms in total. The average molecular weight is 699 g/mol. The van der Waals surface area contributed by atoms with Gasteiger partial charge in [0.25, 0.3) is 0 Å². The molecule has 252 valence electrons. The molecule has 0 amide bonds. The van der Waals surface area contributed by atoms with Gasteiger partial charge in [-0.2, -0.15) is 0 Å². The highest BCUT2D eigenvalue weighted by molar-refractivity contribution is 7.84. The van der Waals surface area contributed by atoms with Gasteiger partial charge >= 0.3 is 0 Å². The number of fused-ring (bicyclic) bond motifs is 2. The number of pyridine rings is 2. The Bertz CT molecular complexity index is 2250. The van der Waals surface area contributed by atoms with Crippen LogP contribution in [0.4, 0.5) is 0 Å². The van der Waals surface area contributed by atoms with E-state index in [1.165, 1.54) is 12.3 Å². The lowest BCUT2D eigenvalue weighted by Crippen LogP contribution is -2.08. The molecular weight excluding hydrogens is 653 g/mol. The van der Waals surface area contributed by atoms with Crippen molar-refractivity contribution in [1.82, 2.24) is 29.9 Å². The van der Waals surface area contributed by atoms with Gasteiger partial charge in [0.05, 0.1) is 87.9 Å². The van der Waals surface area contributed by atoms with E-state index in [-0.39, 0.29) is 43.0 Å². The Labute approximate surface area is 294 Å². The fraction of sp³-hybridized carbons (Fsp3) is 0.294. The number of methoxy groups -OCH3 is 2. The zero-order valence-corrected chi connectivity index (χ0v) is 27.7. The van der Waals surface area contributed by atoms with E-state index < -0.39 is 41.4 Å². The van der Waals surface area contributed by atoms with Gasteiger partial charge in [0.15, 0.2) is 10.3 Å². The minimum Gasteiger partial charge on any atom is -0.491 e. The quantitative estimate of drug-likeness (QED) is 0.145. The highest BCUT2D eigenvalue weighted by Crippen LogP contribution is 2.24. The zero-order chi connectivity index (χ0) is 40.7. The van der Waals surface area contributed by atoms with Crippen LogP contribution >= 0.6 is 0 Å². The molecule has 2 aromatic carbocycles. The molecule has 6 aromatic rings. The van der Waals surface area contributed by atoms with E-state index >= 15 is 0 Å². The number of aromatic nitrogens is 6. The van der Waals surface area contributed by atoms with Crippen LogP contribution in [-0.2, 0) is 42.5 Å². The zero-order valence-electron chi connectivity index (χ0n) is 34.0. The second kappa shape index (κ2) is 17.1. The summed E-state index contributed by atoms with van der Waals surface area (Å²) < 4.78 is 105. The number of aromatic amines is 2. The maximum Gasteiger partial charge on any atom is 0.197 e. The van der Waals surface area contributed by atoms with Crippen LogP contribution < -0.4 is 9.47 Å². The maximum absolute atomic E-state index is 12.9. The third kappa shape index (κ3) is 8.89. The number of benzene rings is 2. The first-order chi connectivity index (χ1) is 26.4. The molecule has 0 aliphatic carbocycles. The average Bonchev–Trinajstić information content (AvgIpc) is 3.78. The summed E-state index contributed by atoms with van der Waals surface area (Å²) >= 11 is 0. The topological polar surface area (TPSA) is 154 Å². The smallest absolute Gasteiger partial charge is 0.197 e. The van der Waals surface area contributed by atoms with E-state index in [4.69, 9.17) is 20.4 Å². The van der Waals surface area contributed by atoms with Gasteiger partial charge in [-0.1, -0.05) is 24.3 Å². The third-order valence-electron chi connectivity index (χ3n) is 6.88. The van der Waals surface area contributed by atoms with E-state index in [9.17, 15) is 8.42 Å². The molecule has 2 unspecified atom stereocenters. The minimum absolute atomic E-state index is 0.00907. The van der Waals surface area contributed by atoms with Crippen LogP contribution in [0.25, 0.3) is 22.1 Å². The lowest BCUT2D eigenvalue weighted by atomic mass is 10.2. The van der Waals surface area contributed by atoms with Crippen LogP contribution in [0.1, 0.15) is 33.5 Å². The maximum atomic E-state index is 12.9. The first-order valence-electron chi connectivity index (χ1n) is 18.6. The third-order valence-corrected chi connectivity index (χ3v) is 8.97. The van der Waals surface area contributed by atoms with Crippen molar-refractivity contribution in [2.24, 2.45) is 0 Å². The minimum atomic E-state index is -2.51. The number of para-hydroxylation sites is 4. The Morgan fingerprint density at radius 1 is 0.688 bits per heavy atom. The summed E-state index contributed by atoms with van der Waals surface area (Å²) in [5.41, 5.74) is 2.17. The summed E-state index contributed by atoms with van der Waals surface area (Å²) in [5.74, 6) is 1.04. The summed E-state index contributed by atoms with van der Waals surface area (Å²) in [4.78, 5) is 22.9. The number of imidazole rings is 2. The number of hydrogen-bond acceptors (Lipinski definition) is 10. The Balaban J connectivity index is 0.000000215. The van der Waals surface area contributed by atoms with Crippen LogP contribution in [0, 0.1) is 13.8 Å². The highest BCUT2D eigenvalue weighted by atomic mass is 32.2. The van der Waals surface area contributed by atoms with Gasteiger partial charge in [0, 0.05) is 40.3 Å². The molecule has 0 bridgehead atoms. The fourth-order valence-corrected chi connectivity index (χ4v) is 6.37. The molecule has 6 rings (SSSR count). The van der Waals surface area contributed by atoms with Crippen molar-refractivity contribution in [3.8, 4) is 11.5 Å². The summed E-state index contributed by atoms with van der Waals surface area (Å²) in [5, 5.41) is 0.407. The molecule has 48 heavy (non-hydrogen) atoms. The largest absolute Gasteiger partial charge is 0.491 e. The van der Waals surface area contributed by atoms with Gasteiger partial charge in [-0.25, -0.2) is 9.97 Å².